The Hall–Kier alpha value is -1.89. The maximum Gasteiger partial charge on any atom is 0.387 e. The van der Waals surface area contributed by atoms with E-state index in [1.807, 2.05) is 11.0 Å². The minimum atomic E-state index is -2.82. The highest BCUT2D eigenvalue weighted by atomic mass is 19.3. The van der Waals surface area contributed by atoms with Gasteiger partial charge >= 0.3 is 12.6 Å². The molecule has 1 aromatic rings. The van der Waals surface area contributed by atoms with E-state index >= 15 is 0 Å². The summed E-state index contributed by atoms with van der Waals surface area (Å²) in [6.07, 6.45) is 7.86. The maximum atomic E-state index is 12.8. The molecule has 1 atom stereocenters. The standard InChI is InChI=1S/C21H29F2N3O2/c22-20(23)28-17-8-9-18-15(14-17)4-3-7-19(18)24-21(27)26-12-10-25(11-13-26)16-5-1-2-6-16/h8-9,14,16,19-20H,1-7,10-13H2,(H,24,27). The lowest BCUT2D eigenvalue weighted by Gasteiger charge is -2.39. The second kappa shape index (κ2) is 8.64. The lowest BCUT2D eigenvalue weighted by atomic mass is 9.87. The zero-order valence-corrected chi connectivity index (χ0v) is 16.2. The molecule has 5 nitrogen and oxygen atoms in total. The topological polar surface area (TPSA) is 44.8 Å². The number of amides is 2. The Kier molecular flexibility index (Phi) is 5.99. The number of carbonyl (C=O) groups excluding carboxylic acids is 1. The molecule has 1 aliphatic heterocycles. The first kappa shape index (κ1) is 19.4. The number of rotatable bonds is 4. The molecule has 4 rings (SSSR count). The summed E-state index contributed by atoms with van der Waals surface area (Å²) < 4.78 is 29.4. The van der Waals surface area contributed by atoms with Crippen molar-refractivity contribution in [1.82, 2.24) is 15.1 Å². The fraction of sp³-hybridized carbons (Fsp3) is 0.667. The molecule has 1 heterocycles. The Morgan fingerprint density at radius 3 is 2.54 bits per heavy atom. The van der Waals surface area contributed by atoms with E-state index in [0.29, 0.717) is 6.04 Å². The van der Waals surface area contributed by atoms with Crippen LogP contribution < -0.4 is 10.1 Å². The number of ether oxygens (including phenoxy) is 1. The quantitative estimate of drug-likeness (QED) is 0.843. The molecule has 1 saturated heterocycles. The molecule has 1 aromatic carbocycles. The Morgan fingerprint density at radius 1 is 1.07 bits per heavy atom. The van der Waals surface area contributed by atoms with Crippen molar-refractivity contribution in [3.8, 4) is 5.75 Å². The lowest BCUT2D eigenvalue weighted by molar-refractivity contribution is -0.0499. The van der Waals surface area contributed by atoms with Crippen molar-refractivity contribution in [1.29, 1.82) is 0 Å². The van der Waals surface area contributed by atoms with E-state index in [9.17, 15) is 13.6 Å². The molecule has 1 N–H and O–H groups in total. The average Bonchev–Trinajstić information content (AvgIpc) is 3.22. The van der Waals surface area contributed by atoms with E-state index in [1.54, 1.807) is 12.1 Å². The number of piperazine rings is 1. The van der Waals surface area contributed by atoms with E-state index in [2.05, 4.69) is 15.0 Å². The predicted molar refractivity (Wildman–Crippen MR) is 103 cm³/mol. The third-order valence-electron chi connectivity index (χ3n) is 6.39. The van der Waals surface area contributed by atoms with E-state index in [4.69, 9.17) is 0 Å². The van der Waals surface area contributed by atoms with Gasteiger partial charge in [-0.15, -0.1) is 0 Å². The van der Waals surface area contributed by atoms with Crippen molar-refractivity contribution in [3.05, 3.63) is 29.3 Å². The highest BCUT2D eigenvalue weighted by molar-refractivity contribution is 5.75. The van der Waals surface area contributed by atoms with Crippen molar-refractivity contribution < 1.29 is 18.3 Å². The smallest absolute Gasteiger partial charge is 0.387 e. The number of hydrogen-bond donors (Lipinski definition) is 1. The van der Waals surface area contributed by atoms with Crippen LogP contribution in [0.5, 0.6) is 5.75 Å². The van der Waals surface area contributed by atoms with Gasteiger partial charge < -0.3 is 15.0 Å². The number of fused-ring (bicyclic) bond motifs is 1. The van der Waals surface area contributed by atoms with Crippen LogP contribution in [0.2, 0.25) is 0 Å². The number of alkyl halides is 2. The largest absolute Gasteiger partial charge is 0.435 e. The van der Waals surface area contributed by atoms with Crippen molar-refractivity contribution in [2.45, 2.75) is 63.6 Å². The van der Waals surface area contributed by atoms with Crippen LogP contribution in [0.4, 0.5) is 13.6 Å². The van der Waals surface area contributed by atoms with Crippen molar-refractivity contribution >= 4 is 6.03 Å². The van der Waals surface area contributed by atoms with Gasteiger partial charge in [-0.3, -0.25) is 4.90 Å². The monoisotopic (exact) mass is 393 g/mol. The molecule has 3 aliphatic rings. The van der Waals surface area contributed by atoms with Gasteiger partial charge in [0.15, 0.2) is 0 Å². The molecule has 0 spiro atoms. The van der Waals surface area contributed by atoms with Crippen molar-refractivity contribution in [2.75, 3.05) is 26.2 Å². The normalized spacial score (nSPS) is 23.7. The van der Waals surface area contributed by atoms with Crippen molar-refractivity contribution in [3.63, 3.8) is 0 Å². The Morgan fingerprint density at radius 2 is 1.82 bits per heavy atom. The molecule has 1 saturated carbocycles. The first-order valence-corrected chi connectivity index (χ1v) is 10.5. The number of aryl methyl sites for hydroxylation is 1. The molecule has 1 unspecified atom stereocenters. The molecular formula is C21H29F2N3O2. The summed E-state index contributed by atoms with van der Waals surface area (Å²) in [6.45, 7) is 0.619. The molecule has 7 heteroatoms. The maximum absolute atomic E-state index is 12.8. The predicted octanol–water partition coefficient (Wildman–Crippen LogP) is 3.94. The number of carbonyl (C=O) groups is 1. The van der Waals surface area contributed by atoms with Crippen LogP contribution in [-0.2, 0) is 6.42 Å². The average molecular weight is 393 g/mol. The minimum Gasteiger partial charge on any atom is -0.435 e. The van der Waals surface area contributed by atoms with E-state index in [0.717, 1.165) is 56.6 Å². The molecular weight excluding hydrogens is 364 g/mol. The van der Waals surface area contributed by atoms with E-state index in [1.165, 1.54) is 25.7 Å². The number of halogens is 2. The second-order valence-electron chi connectivity index (χ2n) is 8.09. The lowest BCUT2D eigenvalue weighted by Crippen LogP contribution is -2.54. The summed E-state index contributed by atoms with van der Waals surface area (Å²) in [7, 11) is 0. The third kappa shape index (κ3) is 4.40. The molecule has 0 radical (unpaired) electrons. The van der Waals surface area contributed by atoms with Crippen LogP contribution in [-0.4, -0.2) is 54.7 Å². The van der Waals surface area contributed by atoms with Gasteiger partial charge in [0.1, 0.15) is 5.75 Å². The zero-order valence-electron chi connectivity index (χ0n) is 16.2. The highest BCUT2D eigenvalue weighted by Crippen LogP contribution is 2.33. The number of urea groups is 1. The third-order valence-corrected chi connectivity index (χ3v) is 6.39. The van der Waals surface area contributed by atoms with Crippen LogP contribution >= 0.6 is 0 Å². The summed E-state index contributed by atoms with van der Waals surface area (Å²) in [4.78, 5) is 17.2. The van der Waals surface area contributed by atoms with Crippen LogP contribution in [0.1, 0.15) is 55.7 Å². The van der Waals surface area contributed by atoms with Crippen LogP contribution in [0.3, 0.4) is 0 Å². The molecule has 2 amide bonds. The highest BCUT2D eigenvalue weighted by Gasteiger charge is 2.29. The van der Waals surface area contributed by atoms with Gasteiger partial charge in [-0.05, 0) is 55.4 Å². The SMILES string of the molecule is O=C(NC1CCCc2cc(OC(F)F)ccc21)N1CCN(C2CCCC2)CC1. The Bertz CT molecular complexity index is 686. The van der Waals surface area contributed by atoms with Crippen LogP contribution in [0.15, 0.2) is 18.2 Å². The summed E-state index contributed by atoms with van der Waals surface area (Å²) in [6, 6.07) is 5.69. The summed E-state index contributed by atoms with van der Waals surface area (Å²) in [5.41, 5.74) is 2.01. The van der Waals surface area contributed by atoms with Gasteiger partial charge in [-0.1, -0.05) is 18.9 Å². The molecule has 0 bridgehead atoms. The second-order valence-corrected chi connectivity index (χ2v) is 8.09. The molecule has 154 valence electrons. The van der Waals surface area contributed by atoms with Crippen LogP contribution in [0.25, 0.3) is 0 Å². The summed E-state index contributed by atoms with van der Waals surface area (Å²) in [5, 5.41) is 3.17. The van der Waals surface area contributed by atoms with Gasteiger partial charge in [0.2, 0.25) is 0 Å². The number of nitrogens with one attached hydrogen (secondary N) is 1. The van der Waals surface area contributed by atoms with Gasteiger partial charge in [0, 0.05) is 32.2 Å². The number of hydrogen-bond acceptors (Lipinski definition) is 3. The first-order valence-electron chi connectivity index (χ1n) is 10.5. The zero-order chi connectivity index (χ0) is 19.5. The molecule has 2 fully saturated rings. The molecule has 2 aliphatic carbocycles. The molecule has 0 aromatic heterocycles. The summed E-state index contributed by atoms with van der Waals surface area (Å²) >= 11 is 0. The molecule has 28 heavy (non-hydrogen) atoms. The van der Waals surface area contributed by atoms with Gasteiger partial charge in [-0.25, -0.2) is 4.79 Å². The first-order chi connectivity index (χ1) is 13.6. The minimum absolute atomic E-state index is 0.0168. The van der Waals surface area contributed by atoms with Gasteiger partial charge in [0.05, 0.1) is 6.04 Å². The number of benzene rings is 1. The van der Waals surface area contributed by atoms with Crippen LogP contribution in [0, 0.1) is 0 Å². The number of nitrogens with zero attached hydrogens (tertiary/aromatic N) is 2. The Labute approximate surface area is 165 Å². The van der Waals surface area contributed by atoms with Crippen molar-refractivity contribution in [2.24, 2.45) is 0 Å². The van der Waals surface area contributed by atoms with E-state index < -0.39 is 6.61 Å². The fourth-order valence-corrected chi connectivity index (χ4v) is 4.92. The fourth-order valence-electron chi connectivity index (χ4n) is 4.92. The Balaban J connectivity index is 1.34. The van der Waals surface area contributed by atoms with E-state index in [-0.39, 0.29) is 17.8 Å². The van der Waals surface area contributed by atoms with Gasteiger partial charge in [0.25, 0.3) is 0 Å². The summed E-state index contributed by atoms with van der Waals surface area (Å²) in [5.74, 6) is 0.184. The van der Waals surface area contributed by atoms with Gasteiger partial charge in [-0.2, -0.15) is 8.78 Å².